The Kier molecular flexibility index (Phi) is 7.20. The van der Waals surface area contributed by atoms with Crippen LogP contribution >= 0.6 is 0 Å². The van der Waals surface area contributed by atoms with Crippen molar-refractivity contribution in [3.63, 3.8) is 0 Å². The van der Waals surface area contributed by atoms with E-state index in [9.17, 15) is 9.59 Å². The molecule has 178 valence electrons. The van der Waals surface area contributed by atoms with Crippen molar-refractivity contribution in [2.24, 2.45) is 5.73 Å². The number of amides is 1. The van der Waals surface area contributed by atoms with Crippen molar-refractivity contribution in [2.45, 2.75) is 32.5 Å². The van der Waals surface area contributed by atoms with E-state index in [1.54, 1.807) is 23.6 Å². The highest BCUT2D eigenvalue weighted by Gasteiger charge is 2.22. The van der Waals surface area contributed by atoms with Crippen LogP contribution in [0.5, 0.6) is 0 Å². The van der Waals surface area contributed by atoms with Crippen molar-refractivity contribution in [1.29, 1.82) is 5.26 Å². The number of nitrogens with two attached hydrogens (primary N) is 1. The van der Waals surface area contributed by atoms with E-state index in [1.807, 2.05) is 24.3 Å². The van der Waals surface area contributed by atoms with Gasteiger partial charge in [-0.1, -0.05) is 17.3 Å². The number of hydrogen-bond acceptors (Lipinski definition) is 10. The maximum absolute atomic E-state index is 13.1. The first kappa shape index (κ1) is 23.7. The summed E-state index contributed by atoms with van der Waals surface area (Å²) in [5.74, 6) is 0.161. The maximum Gasteiger partial charge on any atom is 0.242 e. The Labute approximate surface area is 200 Å². The molecule has 12 heteroatoms. The molecule has 4 N–H and O–H groups in total. The van der Waals surface area contributed by atoms with Gasteiger partial charge in [-0.3, -0.25) is 9.59 Å². The van der Waals surface area contributed by atoms with Gasteiger partial charge in [-0.2, -0.15) is 5.26 Å². The van der Waals surface area contributed by atoms with Crippen LogP contribution in [0.3, 0.4) is 0 Å². The number of Topliss-reactive ketones (excluding diaryl/α,β-unsaturated/α-hetero) is 1. The number of nitrogens with zero attached hydrogens (tertiary/aromatic N) is 6. The monoisotopic (exact) mass is 473 g/mol. The van der Waals surface area contributed by atoms with Crippen LogP contribution in [0.2, 0.25) is 0 Å². The molecule has 0 unspecified atom stereocenters. The first-order valence-electron chi connectivity index (χ1n) is 10.9. The number of para-hydroxylation sites is 2. The van der Waals surface area contributed by atoms with E-state index >= 15 is 0 Å². The van der Waals surface area contributed by atoms with Crippen molar-refractivity contribution in [3.05, 3.63) is 53.9 Å². The molecule has 0 saturated carbocycles. The SMILES string of the molecule is C[C@H](N)C(=O)Nc1ccc(C(=O)Cn2c(-c3nonc3CNCCC#N)nc3ccccc32)cn1. The summed E-state index contributed by atoms with van der Waals surface area (Å²) < 4.78 is 6.71. The van der Waals surface area contributed by atoms with E-state index in [4.69, 9.17) is 15.6 Å². The van der Waals surface area contributed by atoms with Gasteiger partial charge in [0, 0.05) is 31.3 Å². The minimum Gasteiger partial charge on any atom is -0.320 e. The number of benzene rings is 1. The van der Waals surface area contributed by atoms with Gasteiger partial charge in [-0.05, 0) is 36.3 Å². The van der Waals surface area contributed by atoms with Gasteiger partial charge in [0.1, 0.15) is 11.5 Å². The average molecular weight is 473 g/mol. The topological polar surface area (TPSA) is 178 Å². The standard InChI is InChI=1S/C23H23N9O3/c1-14(25)23(34)29-20-8-7-15(11-27-20)19(33)13-32-18-6-3-2-5-16(18)28-22(32)21-17(30-35-31-21)12-26-10-4-9-24/h2-3,5-8,11,14,26H,4,10,12-13,25H2,1H3,(H,27,29,34)/t14-/m0/s1. The largest absolute Gasteiger partial charge is 0.320 e. The highest BCUT2D eigenvalue weighted by atomic mass is 16.6. The summed E-state index contributed by atoms with van der Waals surface area (Å²) in [4.78, 5) is 33.7. The van der Waals surface area contributed by atoms with Gasteiger partial charge in [0.2, 0.25) is 5.91 Å². The van der Waals surface area contributed by atoms with Crippen LogP contribution in [0.15, 0.2) is 47.2 Å². The highest BCUT2D eigenvalue weighted by molar-refractivity contribution is 5.98. The number of carbonyl (C=O) groups excluding carboxylic acids is 2. The van der Waals surface area contributed by atoms with E-state index in [-0.39, 0.29) is 18.2 Å². The van der Waals surface area contributed by atoms with E-state index in [0.717, 1.165) is 5.52 Å². The van der Waals surface area contributed by atoms with E-state index in [1.165, 1.54) is 6.20 Å². The van der Waals surface area contributed by atoms with Crippen LogP contribution in [0.4, 0.5) is 5.82 Å². The Bertz CT molecular complexity index is 1380. The predicted octanol–water partition coefficient (Wildman–Crippen LogP) is 1.65. The Balaban J connectivity index is 1.60. The highest BCUT2D eigenvalue weighted by Crippen LogP contribution is 2.26. The Morgan fingerprint density at radius 3 is 2.80 bits per heavy atom. The molecule has 0 spiro atoms. The third kappa shape index (κ3) is 5.37. The Morgan fingerprint density at radius 1 is 1.23 bits per heavy atom. The third-order valence-corrected chi connectivity index (χ3v) is 5.18. The summed E-state index contributed by atoms with van der Waals surface area (Å²) in [7, 11) is 0. The van der Waals surface area contributed by atoms with Crippen molar-refractivity contribution in [2.75, 3.05) is 11.9 Å². The molecule has 0 bridgehead atoms. The lowest BCUT2D eigenvalue weighted by Crippen LogP contribution is -2.32. The molecule has 35 heavy (non-hydrogen) atoms. The van der Waals surface area contributed by atoms with E-state index in [0.29, 0.717) is 53.6 Å². The minimum absolute atomic E-state index is 0.0305. The van der Waals surface area contributed by atoms with Crippen molar-refractivity contribution in [3.8, 4) is 17.6 Å². The molecule has 4 rings (SSSR count). The summed E-state index contributed by atoms with van der Waals surface area (Å²) in [6, 6.07) is 12.0. The van der Waals surface area contributed by atoms with Crippen molar-refractivity contribution in [1.82, 2.24) is 30.2 Å². The maximum atomic E-state index is 13.1. The normalized spacial score (nSPS) is 11.8. The van der Waals surface area contributed by atoms with Crippen LogP contribution in [-0.4, -0.2) is 49.1 Å². The summed E-state index contributed by atoms with van der Waals surface area (Å²) in [6.07, 6.45) is 1.76. The number of hydrogen-bond donors (Lipinski definition) is 3. The summed E-state index contributed by atoms with van der Waals surface area (Å²) in [5.41, 5.74) is 8.28. The van der Waals surface area contributed by atoms with Gasteiger partial charge < -0.3 is 20.9 Å². The zero-order valence-electron chi connectivity index (χ0n) is 18.9. The van der Waals surface area contributed by atoms with Gasteiger partial charge in [0.25, 0.3) is 0 Å². The first-order valence-corrected chi connectivity index (χ1v) is 10.9. The Hall–Kier alpha value is -4.47. The first-order chi connectivity index (χ1) is 17.0. The zero-order chi connectivity index (χ0) is 24.8. The smallest absolute Gasteiger partial charge is 0.242 e. The van der Waals surface area contributed by atoms with Gasteiger partial charge >= 0.3 is 0 Å². The second-order valence-corrected chi connectivity index (χ2v) is 7.79. The molecule has 0 aliphatic rings. The molecule has 0 radical (unpaired) electrons. The summed E-state index contributed by atoms with van der Waals surface area (Å²) >= 11 is 0. The van der Waals surface area contributed by atoms with Crippen LogP contribution in [-0.2, 0) is 17.9 Å². The molecule has 1 atom stereocenters. The van der Waals surface area contributed by atoms with Crippen LogP contribution in [0.25, 0.3) is 22.6 Å². The van der Waals surface area contributed by atoms with Gasteiger partial charge in [0.05, 0.1) is 29.7 Å². The lowest BCUT2D eigenvalue weighted by atomic mass is 10.2. The molecule has 4 aromatic rings. The third-order valence-electron chi connectivity index (χ3n) is 5.18. The fourth-order valence-electron chi connectivity index (χ4n) is 3.37. The van der Waals surface area contributed by atoms with Gasteiger partial charge in [-0.15, -0.1) is 0 Å². The van der Waals surface area contributed by atoms with Gasteiger partial charge in [-0.25, -0.2) is 14.6 Å². The lowest BCUT2D eigenvalue weighted by Gasteiger charge is -2.09. The molecule has 3 heterocycles. The molecule has 0 aliphatic carbocycles. The molecule has 1 aromatic carbocycles. The number of fused-ring (bicyclic) bond motifs is 1. The van der Waals surface area contributed by atoms with Crippen LogP contribution < -0.4 is 16.4 Å². The summed E-state index contributed by atoms with van der Waals surface area (Å²) in [5, 5.41) is 22.4. The fraction of sp³-hybridized carbons (Fsp3) is 0.261. The minimum atomic E-state index is -0.677. The number of nitrogens with one attached hydrogen (secondary N) is 2. The average Bonchev–Trinajstić information content (AvgIpc) is 3.46. The molecule has 0 fully saturated rings. The van der Waals surface area contributed by atoms with Crippen LogP contribution in [0.1, 0.15) is 29.4 Å². The number of imidazole rings is 1. The second-order valence-electron chi connectivity index (χ2n) is 7.79. The number of nitriles is 1. The molecule has 0 aliphatic heterocycles. The molecule has 0 saturated heterocycles. The van der Waals surface area contributed by atoms with E-state index in [2.05, 4.69) is 37.0 Å². The number of pyridine rings is 1. The number of rotatable bonds is 10. The second kappa shape index (κ2) is 10.6. The quantitative estimate of drug-likeness (QED) is 0.226. The van der Waals surface area contributed by atoms with Crippen molar-refractivity contribution >= 4 is 28.5 Å². The summed E-state index contributed by atoms with van der Waals surface area (Å²) in [6.45, 7) is 2.36. The Morgan fingerprint density at radius 2 is 2.06 bits per heavy atom. The lowest BCUT2D eigenvalue weighted by molar-refractivity contribution is -0.117. The predicted molar refractivity (Wildman–Crippen MR) is 126 cm³/mol. The number of carbonyl (C=O) groups is 2. The number of ketones is 1. The number of aromatic nitrogens is 5. The molecule has 3 aromatic heterocycles. The van der Waals surface area contributed by atoms with Crippen molar-refractivity contribution < 1.29 is 14.2 Å². The van der Waals surface area contributed by atoms with E-state index < -0.39 is 6.04 Å². The number of anilines is 1. The molecule has 12 nitrogen and oxygen atoms in total. The molecular weight excluding hydrogens is 450 g/mol. The van der Waals surface area contributed by atoms with Gasteiger partial charge in [0.15, 0.2) is 17.3 Å². The molecule has 1 amide bonds. The fourth-order valence-corrected chi connectivity index (χ4v) is 3.37. The van der Waals surface area contributed by atoms with Crippen LogP contribution in [0, 0.1) is 11.3 Å². The zero-order valence-corrected chi connectivity index (χ0v) is 18.9. The molecular formula is C23H23N9O3.